The van der Waals surface area contributed by atoms with E-state index >= 15 is 0 Å². The largest absolute Gasteiger partial charge is 0.389 e. The average Bonchev–Trinajstić information content (AvgIpc) is 2.25. The Kier molecular flexibility index (Phi) is 4.49. The molecule has 0 saturated heterocycles. The fraction of sp³-hybridized carbons (Fsp3) is 0.455. The monoisotopic (exact) mass is 223 g/mol. The number of hydrogen-bond donors (Lipinski definition) is 1. The highest BCUT2D eigenvalue weighted by Crippen LogP contribution is 2.15. The molecule has 3 nitrogen and oxygen atoms in total. The molecule has 0 bridgehead atoms. The lowest BCUT2D eigenvalue weighted by Crippen LogP contribution is -2.24. The minimum atomic E-state index is 0.404. The molecule has 0 atom stereocenters. The first-order valence-corrected chi connectivity index (χ1v) is 5.53. The van der Waals surface area contributed by atoms with Crippen LogP contribution in [0.1, 0.15) is 25.3 Å². The van der Waals surface area contributed by atoms with Crippen LogP contribution >= 0.6 is 12.2 Å². The van der Waals surface area contributed by atoms with Crippen LogP contribution in [0.4, 0.5) is 5.82 Å². The van der Waals surface area contributed by atoms with Gasteiger partial charge in [-0.1, -0.05) is 25.6 Å². The molecule has 0 aliphatic heterocycles. The lowest BCUT2D eigenvalue weighted by atomic mass is 10.2. The molecule has 1 aromatic rings. The summed E-state index contributed by atoms with van der Waals surface area (Å²) in [5.41, 5.74) is 6.50. The molecule has 1 rings (SSSR count). The number of thiocarbonyl (C=S) groups is 1. The predicted molar refractivity (Wildman–Crippen MR) is 68.3 cm³/mol. The van der Waals surface area contributed by atoms with Gasteiger partial charge in [0.1, 0.15) is 10.8 Å². The van der Waals surface area contributed by atoms with Crippen molar-refractivity contribution in [1.29, 1.82) is 0 Å². The van der Waals surface area contributed by atoms with Crippen molar-refractivity contribution in [3.8, 4) is 0 Å². The summed E-state index contributed by atoms with van der Waals surface area (Å²) in [6.45, 7) is 3.14. The lowest BCUT2D eigenvalue weighted by molar-refractivity contribution is 0.759. The summed E-state index contributed by atoms with van der Waals surface area (Å²) in [4.78, 5) is 6.81. The van der Waals surface area contributed by atoms with Crippen LogP contribution in [0.3, 0.4) is 0 Å². The lowest BCUT2D eigenvalue weighted by Gasteiger charge is -2.20. The first-order valence-electron chi connectivity index (χ1n) is 5.12. The Balaban J connectivity index is 2.87. The summed E-state index contributed by atoms with van der Waals surface area (Å²) in [6, 6.07) is 3.76. The Hall–Kier alpha value is -1.16. The van der Waals surface area contributed by atoms with E-state index < -0.39 is 0 Å². The normalized spacial score (nSPS) is 10.0. The fourth-order valence-electron chi connectivity index (χ4n) is 1.39. The second-order valence-corrected chi connectivity index (χ2v) is 3.95. The van der Waals surface area contributed by atoms with E-state index in [-0.39, 0.29) is 0 Å². The highest BCUT2D eigenvalue weighted by molar-refractivity contribution is 7.80. The minimum absolute atomic E-state index is 0.404. The molecule has 0 unspecified atom stereocenters. The summed E-state index contributed by atoms with van der Waals surface area (Å²) in [7, 11) is 2.01. The smallest absolute Gasteiger partial charge is 0.138 e. The molecule has 2 N–H and O–H groups in total. The van der Waals surface area contributed by atoms with Crippen molar-refractivity contribution in [3.05, 3.63) is 23.9 Å². The van der Waals surface area contributed by atoms with Crippen molar-refractivity contribution >= 4 is 23.0 Å². The predicted octanol–water partition coefficient (Wildman–Crippen LogP) is 1.95. The number of aromatic nitrogens is 1. The molecule has 4 heteroatoms. The maximum atomic E-state index is 5.65. The van der Waals surface area contributed by atoms with Gasteiger partial charge in [0.25, 0.3) is 0 Å². The molecule has 0 saturated carbocycles. The minimum Gasteiger partial charge on any atom is -0.389 e. The van der Waals surface area contributed by atoms with Gasteiger partial charge in [-0.05, 0) is 18.6 Å². The van der Waals surface area contributed by atoms with Crippen LogP contribution in [-0.2, 0) is 0 Å². The molecule has 0 aromatic carbocycles. The third-order valence-electron chi connectivity index (χ3n) is 2.26. The van der Waals surface area contributed by atoms with Crippen LogP contribution in [0.2, 0.25) is 0 Å². The molecule has 0 spiro atoms. The van der Waals surface area contributed by atoms with Crippen LogP contribution in [0.15, 0.2) is 18.3 Å². The van der Waals surface area contributed by atoms with E-state index in [1.54, 1.807) is 6.20 Å². The quantitative estimate of drug-likeness (QED) is 0.775. The van der Waals surface area contributed by atoms with Crippen molar-refractivity contribution in [2.24, 2.45) is 5.73 Å². The van der Waals surface area contributed by atoms with E-state index in [4.69, 9.17) is 18.0 Å². The van der Waals surface area contributed by atoms with Crippen LogP contribution < -0.4 is 10.6 Å². The van der Waals surface area contributed by atoms with Gasteiger partial charge in [0, 0.05) is 19.8 Å². The van der Waals surface area contributed by atoms with E-state index in [1.807, 2.05) is 19.2 Å². The van der Waals surface area contributed by atoms with Crippen molar-refractivity contribution in [2.45, 2.75) is 19.8 Å². The van der Waals surface area contributed by atoms with E-state index in [9.17, 15) is 0 Å². The van der Waals surface area contributed by atoms with E-state index in [0.717, 1.165) is 24.3 Å². The van der Waals surface area contributed by atoms with Gasteiger partial charge in [-0.3, -0.25) is 0 Å². The Bertz CT molecular complexity index is 338. The summed E-state index contributed by atoms with van der Waals surface area (Å²) in [5.74, 6) is 0.874. The van der Waals surface area contributed by atoms with Crippen LogP contribution in [0, 0.1) is 0 Å². The number of anilines is 1. The van der Waals surface area contributed by atoms with Gasteiger partial charge in [0.15, 0.2) is 0 Å². The third-order valence-corrected chi connectivity index (χ3v) is 2.48. The van der Waals surface area contributed by atoms with Gasteiger partial charge < -0.3 is 10.6 Å². The zero-order chi connectivity index (χ0) is 11.3. The fourth-order valence-corrected chi connectivity index (χ4v) is 1.55. The highest BCUT2D eigenvalue weighted by atomic mass is 32.1. The Labute approximate surface area is 96.3 Å². The standard InChI is InChI=1S/C11H17N3S/c1-3-4-8-14(2)11-9(10(12)15)6-5-7-13-11/h5-7H,3-4,8H2,1-2H3,(H2,12,15). The first-order chi connectivity index (χ1) is 7.16. The molecule has 0 radical (unpaired) electrons. The van der Waals surface area contributed by atoms with Crippen molar-refractivity contribution in [2.75, 3.05) is 18.5 Å². The van der Waals surface area contributed by atoms with Gasteiger partial charge in [-0.2, -0.15) is 0 Å². The van der Waals surface area contributed by atoms with Gasteiger partial charge in [-0.25, -0.2) is 4.98 Å². The van der Waals surface area contributed by atoms with Crippen molar-refractivity contribution in [3.63, 3.8) is 0 Å². The topological polar surface area (TPSA) is 42.2 Å². The van der Waals surface area contributed by atoms with Gasteiger partial charge in [-0.15, -0.1) is 0 Å². The zero-order valence-corrected chi connectivity index (χ0v) is 10.0. The highest BCUT2D eigenvalue weighted by Gasteiger charge is 2.09. The second-order valence-electron chi connectivity index (χ2n) is 3.51. The van der Waals surface area contributed by atoms with Crippen LogP contribution in [-0.4, -0.2) is 23.6 Å². The third kappa shape index (κ3) is 3.16. The number of nitrogens with two attached hydrogens (primary N) is 1. The molecule has 0 amide bonds. The molecule has 0 aliphatic carbocycles. The van der Waals surface area contributed by atoms with Gasteiger partial charge >= 0.3 is 0 Å². The molecular formula is C11H17N3S. The Morgan fingerprint density at radius 2 is 2.33 bits per heavy atom. The number of rotatable bonds is 5. The molecule has 1 heterocycles. The number of hydrogen-bond acceptors (Lipinski definition) is 3. The van der Waals surface area contributed by atoms with E-state index in [2.05, 4.69) is 16.8 Å². The molecule has 0 fully saturated rings. The summed E-state index contributed by atoms with van der Waals surface area (Å²) in [5, 5.41) is 0. The average molecular weight is 223 g/mol. The van der Waals surface area contributed by atoms with Crippen molar-refractivity contribution < 1.29 is 0 Å². The summed E-state index contributed by atoms with van der Waals surface area (Å²) < 4.78 is 0. The van der Waals surface area contributed by atoms with Gasteiger partial charge in [0.2, 0.25) is 0 Å². The molecule has 15 heavy (non-hydrogen) atoms. The number of pyridine rings is 1. The molecule has 1 aromatic heterocycles. The molecule has 0 aliphatic rings. The Morgan fingerprint density at radius 1 is 1.60 bits per heavy atom. The SMILES string of the molecule is CCCCN(C)c1ncccc1C(N)=S. The number of unbranched alkanes of at least 4 members (excludes halogenated alkanes) is 1. The maximum absolute atomic E-state index is 5.65. The van der Waals surface area contributed by atoms with E-state index in [0.29, 0.717) is 4.99 Å². The summed E-state index contributed by atoms with van der Waals surface area (Å²) in [6.07, 6.45) is 4.07. The zero-order valence-electron chi connectivity index (χ0n) is 9.23. The molecular weight excluding hydrogens is 206 g/mol. The van der Waals surface area contributed by atoms with Crippen LogP contribution in [0.5, 0.6) is 0 Å². The van der Waals surface area contributed by atoms with Gasteiger partial charge in [0.05, 0.1) is 5.56 Å². The number of nitrogens with zero attached hydrogens (tertiary/aromatic N) is 2. The van der Waals surface area contributed by atoms with Crippen LogP contribution in [0.25, 0.3) is 0 Å². The summed E-state index contributed by atoms with van der Waals surface area (Å²) >= 11 is 4.99. The molecule has 82 valence electrons. The Morgan fingerprint density at radius 3 is 2.93 bits per heavy atom. The van der Waals surface area contributed by atoms with E-state index in [1.165, 1.54) is 6.42 Å². The maximum Gasteiger partial charge on any atom is 0.138 e. The second kappa shape index (κ2) is 5.66. The van der Waals surface area contributed by atoms with Crippen molar-refractivity contribution in [1.82, 2.24) is 4.98 Å². The first kappa shape index (κ1) is 11.9.